The molecular formula is C10H11BrN6O. The van der Waals surface area contributed by atoms with Gasteiger partial charge in [-0.15, -0.1) is 5.10 Å². The molecule has 8 heteroatoms. The molecule has 0 aliphatic rings. The number of nitrogens with two attached hydrogens (primary N) is 1. The minimum atomic E-state index is -0.341. The molecule has 3 N–H and O–H groups in total. The van der Waals surface area contributed by atoms with E-state index in [1.54, 1.807) is 24.5 Å². The van der Waals surface area contributed by atoms with E-state index in [1.807, 2.05) is 0 Å². The van der Waals surface area contributed by atoms with Gasteiger partial charge in [0.15, 0.2) is 5.69 Å². The highest BCUT2D eigenvalue weighted by molar-refractivity contribution is 9.10. The largest absolute Gasteiger partial charge is 0.329 e. The highest BCUT2D eigenvalue weighted by Gasteiger charge is 2.12. The summed E-state index contributed by atoms with van der Waals surface area (Å²) in [7, 11) is 0. The molecule has 0 bridgehead atoms. The SMILES string of the molecule is NCCn1cc(C(=O)Nc2cccnc2Br)nn1. The Morgan fingerprint density at radius 2 is 2.39 bits per heavy atom. The topological polar surface area (TPSA) is 98.7 Å². The molecule has 0 aromatic carbocycles. The van der Waals surface area contributed by atoms with E-state index in [0.717, 1.165) is 0 Å². The maximum atomic E-state index is 11.9. The Morgan fingerprint density at radius 1 is 1.56 bits per heavy atom. The van der Waals surface area contributed by atoms with Gasteiger partial charge in [0.25, 0.3) is 5.91 Å². The molecule has 0 aliphatic carbocycles. The van der Waals surface area contributed by atoms with Crippen molar-refractivity contribution in [3.63, 3.8) is 0 Å². The number of amides is 1. The number of anilines is 1. The fraction of sp³-hybridized carbons (Fsp3) is 0.200. The third-order valence-electron chi connectivity index (χ3n) is 2.14. The van der Waals surface area contributed by atoms with Crippen molar-refractivity contribution in [3.8, 4) is 0 Å². The van der Waals surface area contributed by atoms with Crippen molar-refractivity contribution in [2.24, 2.45) is 5.73 Å². The Labute approximate surface area is 112 Å². The third-order valence-corrected chi connectivity index (χ3v) is 2.77. The molecule has 0 spiro atoms. The van der Waals surface area contributed by atoms with Gasteiger partial charge < -0.3 is 11.1 Å². The van der Waals surface area contributed by atoms with E-state index in [0.29, 0.717) is 23.4 Å². The van der Waals surface area contributed by atoms with E-state index in [9.17, 15) is 4.79 Å². The maximum Gasteiger partial charge on any atom is 0.277 e. The number of hydrogen-bond acceptors (Lipinski definition) is 5. The van der Waals surface area contributed by atoms with Gasteiger partial charge in [0, 0.05) is 12.7 Å². The van der Waals surface area contributed by atoms with Crippen LogP contribution in [0.3, 0.4) is 0 Å². The minimum Gasteiger partial charge on any atom is -0.329 e. The van der Waals surface area contributed by atoms with Crippen LogP contribution in [0.25, 0.3) is 0 Å². The van der Waals surface area contributed by atoms with Gasteiger partial charge >= 0.3 is 0 Å². The highest BCUT2D eigenvalue weighted by atomic mass is 79.9. The van der Waals surface area contributed by atoms with E-state index < -0.39 is 0 Å². The van der Waals surface area contributed by atoms with Crippen LogP contribution in [0.2, 0.25) is 0 Å². The molecule has 7 nitrogen and oxygen atoms in total. The van der Waals surface area contributed by atoms with Crippen molar-refractivity contribution >= 4 is 27.5 Å². The Kier molecular flexibility index (Phi) is 4.00. The summed E-state index contributed by atoms with van der Waals surface area (Å²) in [4.78, 5) is 15.9. The molecule has 1 amide bonds. The molecule has 2 aromatic heterocycles. The average molecular weight is 311 g/mol. The lowest BCUT2D eigenvalue weighted by Gasteiger charge is -2.03. The molecule has 94 valence electrons. The van der Waals surface area contributed by atoms with Crippen LogP contribution in [0.5, 0.6) is 0 Å². The van der Waals surface area contributed by atoms with E-state index in [2.05, 4.69) is 36.5 Å². The number of hydrogen-bond donors (Lipinski definition) is 2. The lowest BCUT2D eigenvalue weighted by molar-refractivity contribution is 0.102. The van der Waals surface area contributed by atoms with E-state index in [4.69, 9.17) is 5.73 Å². The van der Waals surface area contributed by atoms with Gasteiger partial charge in [-0.3, -0.25) is 9.48 Å². The first-order valence-electron chi connectivity index (χ1n) is 5.23. The Hall–Kier alpha value is -1.80. The van der Waals surface area contributed by atoms with Gasteiger partial charge in [-0.1, -0.05) is 5.21 Å². The molecule has 0 aliphatic heterocycles. The molecule has 0 fully saturated rings. The third kappa shape index (κ3) is 2.90. The van der Waals surface area contributed by atoms with Gasteiger partial charge in [-0.2, -0.15) is 0 Å². The number of pyridine rings is 1. The number of halogens is 1. The second-order valence-corrected chi connectivity index (χ2v) is 4.20. The quantitative estimate of drug-likeness (QED) is 0.808. The molecule has 0 unspecified atom stereocenters. The van der Waals surface area contributed by atoms with Gasteiger partial charge in [0.2, 0.25) is 0 Å². The van der Waals surface area contributed by atoms with Crippen LogP contribution in [0.15, 0.2) is 29.1 Å². The zero-order valence-corrected chi connectivity index (χ0v) is 11.0. The van der Waals surface area contributed by atoms with Crippen molar-refractivity contribution < 1.29 is 4.79 Å². The van der Waals surface area contributed by atoms with Crippen LogP contribution in [0, 0.1) is 0 Å². The molecule has 2 rings (SSSR count). The second-order valence-electron chi connectivity index (χ2n) is 3.45. The van der Waals surface area contributed by atoms with Gasteiger partial charge in [-0.25, -0.2) is 4.98 Å². The molecule has 0 saturated heterocycles. The van der Waals surface area contributed by atoms with E-state index >= 15 is 0 Å². The number of carbonyl (C=O) groups is 1. The van der Waals surface area contributed by atoms with Crippen LogP contribution in [0.4, 0.5) is 5.69 Å². The molecule has 0 radical (unpaired) electrons. The number of nitrogens with one attached hydrogen (secondary N) is 1. The summed E-state index contributed by atoms with van der Waals surface area (Å²) >= 11 is 3.24. The van der Waals surface area contributed by atoms with Crippen molar-refractivity contribution in [3.05, 3.63) is 34.8 Å². The lowest BCUT2D eigenvalue weighted by atomic mass is 10.4. The van der Waals surface area contributed by atoms with Crippen molar-refractivity contribution in [1.82, 2.24) is 20.0 Å². The van der Waals surface area contributed by atoms with Crippen LogP contribution in [0.1, 0.15) is 10.5 Å². The highest BCUT2D eigenvalue weighted by Crippen LogP contribution is 2.18. The fourth-order valence-corrected chi connectivity index (χ4v) is 1.66. The van der Waals surface area contributed by atoms with Crippen molar-refractivity contribution in [2.45, 2.75) is 6.54 Å². The summed E-state index contributed by atoms with van der Waals surface area (Å²) in [6.45, 7) is 0.968. The smallest absolute Gasteiger partial charge is 0.277 e. The molecule has 2 aromatic rings. The first kappa shape index (κ1) is 12.7. The Balaban J connectivity index is 2.10. The van der Waals surface area contributed by atoms with Crippen LogP contribution in [-0.4, -0.2) is 32.4 Å². The van der Waals surface area contributed by atoms with Crippen molar-refractivity contribution in [1.29, 1.82) is 0 Å². The predicted octanol–water partition coefficient (Wildman–Crippen LogP) is 0.647. The summed E-state index contributed by atoms with van der Waals surface area (Å²) in [6, 6.07) is 3.46. The molecule has 0 saturated carbocycles. The molecular weight excluding hydrogens is 300 g/mol. The number of aromatic nitrogens is 4. The molecule has 2 heterocycles. The second kappa shape index (κ2) is 5.69. The zero-order chi connectivity index (χ0) is 13.0. The Bertz CT molecular complexity index is 555. The summed E-state index contributed by atoms with van der Waals surface area (Å²) < 4.78 is 2.08. The molecule has 18 heavy (non-hydrogen) atoms. The summed E-state index contributed by atoms with van der Waals surface area (Å²) in [5.74, 6) is -0.341. The van der Waals surface area contributed by atoms with Crippen LogP contribution >= 0.6 is 15.9 Å². The zero-order valence-electron chi connectivity index (χ0n) is 9.38. The summed E-state index contributed by atoms with van der Waals surface area (Å²) in [5, 5.41) is 10.2. The summed E-state index contributed by atoms with van der Waals surface area (Å²) in [5.41, 5.74) is 6.20. The van der Waals surface area contributed by atoms with E-state index in [1.165, 1.54) is 4.68 Å². The number of carbonyl (C=O) groups excluding carboxylic acids is 1. The monoisotopic (exact) mass is 310 g/mol. The first-order valence-corrected chi connectivity index (χ1v) is 6.02. The lowest BCUT2D eigenvalue weighted by Crippen LogP contribution is -2.13. The van der Waals surface area contributed by atoms with Crippen LogP contribution in [-0.2, 0) is 6.54 Å². The predicted molar refractivity (Wildman–Crippen MR) is 69.0 cm³/mol. The Morgan fingerprint density at radius 3 is 3.11 bits per heavy atom. The number of nitrogens with zero attached hydrogens (tertiary/aromatic N) is 4. The van der Waals surface area contributed by atoms with Gasteiger partial charge in [-0.05, 0) is 28.1 Å². The van der Waals surface area contributed by atoms with E-state index in [-0.39, 0.29) is 11.6 Å². The fourth-order valence-electron chi connectivity index (χ4n) is 1.31. The van der Waals surface area contributed by atoms with Gasteiger partial charge in [0.1, 0.15) is 4.60 Å². The maximum absolute atomic E-state index is 11.9. The average Bonchev–Trinajstić information content (AvgIpc) is 2.81. The first-order chi connectivity index (χ1) is 8.70. The standard InChI is InChI=1S/C10H11BrN6O/c11-9-7(2-1-4-13-9)14-10(18)8-6-17(5-3-12)16-15-8/h1-2,4,6H,3,5,12H2,(H,14,18). The summed E-state index contributed by atoms with van der Waals surface area (Å²) in [6.07, 6.45) is 3.17. The van der Waals surface area contributed by atoms with Gasteiger partial charge in [0.05, 0.1) is 18.4 Å². The normalized spacial score (nSPS) is 10.3. The van der Waals surface area contributed by atoms with Crippen molar-refractivity contribution in [2.75, 3.05) is 11.9 Å². The number of rotatable bonds is 4. The minimum absolute atomic E-state index is 0.235. The van der Waals surface area contributed by atoms with Crippen LogP contribution < -0.4 is 11.1 Å². The molecule has 0 atom stereocenters.